The lowest BCUT2D eigenvalue weighted by atomic mass is 11.1. The Bertz CT molecular complexity index is 292. The molecule has 0 bridgehead atoms. The van der Waals surface area contributed by atoms with Crippen molar-refractivity contribution in [1.29, 1.82) is 0 Å². The van der Waals surface area contributed by atoms with Crippen LogP contribution in [0.5, 0.6) is 0 Å². The molecule has 12 heavy (non-hydrogen) atoms. The monoisotopic (exact) mass is 235 g/mol. The van der Waals surface area contributed by atoms with E-state index >= 15 is 0 Å². The number of nitrogens with zero attached hydrogens (tertiary/aromatic N) is 5. The number of nitro groups is 1. The van der Waals surface area contributed by atoms with Crippen LogP contribution >= 0.6 is 15.9 Å². The minimum absolute atomic E-state index is 0.0498. The van der Waals surface area contributed by atoms with Crippen molar-refractivity contribution in [1.82, 2.24) is 20.6 Å². The van der Waals surface area contributed by atoms with Crippen LogP contribution in [0, 0.1) is 10.1 Å². The lowest BCUT2D eigenvalue weighted by Crippen LogP contribution is -2.06. The van der Waals surface area contributed by atoms with E-state index in [9.17, 15) is 10.1 Å². The van der Waals surface area contributed by atoms with Gasteiger partial charge in [0.05, 0.1) is 21.0 Å². The number of hydrogen-bond acceptors (Lipinski definition) is 7. The van der Waals surface area contributed by atoms with Crippen LogP contribution in [-0.2, 0) is 0 Å². The second kappa shape index (κ2) is 3.71. The Morgan fingerprint density at radius 1 is 1.83 bits per heavy atom. The third-order valence-electron chi connectivity index (χ3n) is 0.744. The summed E-state index contributed by atoms with van der Waals surface area (Å²) in [6.45, 7) is 0. The van der Waals surface area contributed by atoms with E-state index < -0.39 is 9.67 Å². The molecule has 0 aliphatic rings. The topological polar surface area (TPSA) is 122 Å². The van der Waals surface area contributed by atoms with Gasteiger partial charge in [-0.1, -0.05) is 5.10 Å². The number of nitrogens with one attached hydrogen (secondary N) is 2. The van der Waals surface area contributed by atoms with Crippen molar-refractivity contribution >= 4 is 26.6 Å². The summed E-state index contributed by atoms with van der Waals surface area (Å²) in [7, 11) is 0. The number of aromatic amines is 1. The van der Waals surface area contributed by atoms with Crippen molar-refractivity contribution in [2.24, 2.45) is 5.10 Å². The maximum atomic E-state index is 9.98. The average Bonchev–Trinajstić information content (AvgIpc) is 2.51. The van der Waals surface area contributed by atoms with Gasteiger partial charge in [-0.15, -0.1) is 10.5 Å². The van der Waals surface area contributed by atoms with Gasteiger partial charge >= 0.3 is 10.7 Å². The fourth-order valence-electron chi connectivity index (χ4n) is 0.346. The first-order valence-electron chi connectivity index (χ1n) is 2.57. The van der Waals surface area contributed by atoms with E-state index in [1.165, 1.54) is 0 Å². The molecule has 1 heterocycles. The number of amidine groups is 1. The number of hydrazone groups is 1. The lowest BCUT2D eigenvalue weighted by molar-refractivity contribution is -0.342. The van der Waals surface area contributed by atoms with E-state index in [4.69, 9.17) is 0 Å². The fraction of sp³-hybridized carbons (Fsp3) is 0. The average molecular weight is 236 g/mol. The maximum absolute atomic E-state index is 9.98. The van der Waals surface area contributed by atoms with Gasteiger partial charge in [0, 0.05) is 0 Å². The van der Waals surface area contributed by atoms with E-state index in [0.717, 1.165) is 0 Å². The van der Waals surface area contributed by atoms with Crippen LogP contribution < -0.4 is 5.43 Å². The second-order valence-electron chi connectivity index (χ2n) is 1.49. The molecule has 0 fully saturated rings. The molecule has 0 saturated heterocycles. The highest BCUT2D eigenvalue weighted by Crippen LogP contribution is 1.94. The predicted molar refractivity (Wildman–Crippen MR) is 41.2 cm³/mol. The van der Waals surface area contributed by atoms with Crippen molar-refractivity contribution in [2.45, 2.75) is 0 Å². The Kier molecular flexibility index (Phi) is 2.63. The Morgan fingerprint density at radius 2 is 2.58 bits per heavy atom. The van der Waals surface area contributed by atoms with Gasteiger partial charge in [-0.05, 0) is 10.1 Å². The molecule has 10 heteroatoms. The van der Waals surface area contributed by atoms with Crippen molar-refractivity contribution in [3.05, 3.63) is 10.1 Å². The molecule has 1 aromatic rings. The van der Waals surface area contributed by atoms with Gasteiger partial charge < -0.3 is 10.1 Å². The summed E-state index contributed by atoms with van der Waals surface area (Å²) in [6.07, 6.45) is 0. The number of halogens is 1. The zero-order valence-corrected chi connectivity index (χ0v) is 7.02. The first-order chi connectivity index (χ1) is 5.70. The molecule has 1 aromatic heterocycles. The molecule has 64 valence electrons. The third-order valence-corrected chi connectivity index (χ3v) is 1.21. The first-order valence-corrected chi connectivity index (χ1v) is 3.36. The lowest BCUT2D eigenvalue weighted by Gasteiger charge is -1.86. The molecule has 0 aliphatic carbocycles. The van der Waals surface area contributed by atoms with Crippen molar-refractivity contribution in [3.8, 4) is 0 Å². The summed E-state index contributed by atoms with van der Waals surface area (Å²) in [5.74, 6) is 0.0498. The molecule has 0 aromatic carbocycles. The van der Waals surface area contributed by atoms with Crippen LogP contribution in [0.2, 0.25) is 0 Å². The van der Waals surface area contributed by atoms with Crippen LogP contribution in [0.15, 0.2) is 5.10 Å². The van der Waals surface area contributed by atoms with Gasteiger partial charge in [-0.3, -0.25) is 0 Å². The van der Waals surface area contributed by atoms with Gasteiger partial charge in [0.2, 0.25) is 0 Å². The van der Waals surface area contributed by atoms with Crippen molar-refractivity contribution in [3.63, 3.8) is 0 Å². The SMILES string of the molecule is O=[N+]([O-])/C(Br)=N/Nc1nn[nH]n1. The quantitative estimate of drug-likeness (QED) is 0.236. The molecule has 0 radical (unpaired) electrons. The van der Waals surface area contributed by atoms with Crippen LogP contribution in [0.25, 0.3) is 0 Å². The van der Waals surface area contributed by atoms with Gasteiger partial charge in [-0.25, -0.2) is 0 Å². The largest absolute Gasteiger partial charge is 0.430 e. The number of aromatic nitrogens is 4. The van der Waals surface area contributed by atoms with E-state index in [1.807, 2.05) is 0 Å². The highest BCUT2D eigenvalue weighted by molar-refractivity contribution is 9.18. The number of hydrogen-bond donors (Lipinski definition) is 2. The van der Waals surface area contributed by atoms with E-state index in [-0.39, 0.29) is 5.95 Å². The van der Waals surface area contributed by atoms with Gasteiger partial charge in [-0.2, -0.15) is 5.21 Å². The highest BCUT2D eigenvalue weighted by atomic mass is 79.9. The molecular formula is C2H2BrN7O2. The number of anilines is 1. The van der Waals surface area contributed by atoms with E-state index in [0.29, 0.717) is 0 Å². The van der Waals surface area contributed by atoms with Gasteiger partial charge in [0.25, 0.3) is 0 Å². The van der Waals surface area contributed by atoms with Crippen LogP contribution in [0.1, 0.15) is 0 Å². The molecule has 1 rings (SSSR count). The van der Waals surface area contributed by atoms with Crippen LogP contribution in [-0.4, -0.2) is 30.3 Å². The van der Waals surface area contributed by atoms with Gasteiger partial charge in [0.15, 0.2) is 0 Å². The Hall–Kier alpha value is -1.58. The van der Waals surface area contributed by atoms with E-state index in [1.54, 1.807) is 0 Å². The summed E-state index contributed by atoms with van der Waals surface area (Å²) in [5.41, 5.74) is 2.19. The normalized spacial score (nSPS) is 11.2. The molecule has 0 aliphatic heterocycles. The summed E-state index contributed by atoms with van der Waals surface area (Å²) in [5, 5.41) is 25.5. The Labute approximate surface area is 73.5 Å². The minimum Gasteiger partial charge on any atom is -0.357 e. The van der Waals surface area contributed by atoms with Crippen LogP contribution in [0.3, 0.4) is 0 Å². The summed E-state index contributed by atoms with van der Waals surface area (Å²) in [4.78, 5) is 9.27. The highest BCUT2D eigenvalue weighted by Gasteiger charge is 2.07. The molecule has 9 nitrogen and oxygen atoms in total. The molecule has 0 atom stereocenters. The standard InChI is InChI=1S/C2H2BrN7O2/c3-1(10(11)12)4-5-2-6-8-9-7-2/h(H2,5,6,7,8,9)/b4-1+. The molecule has 0 saturated carbocycles. The van der Waals surface area contributed by atoms with Crippen LogP contribution in [0.4, 0.5) is 5.95 Å². The first kappa shape index (κ1) is 8.52. The summed E-state index contributed by atoms with van der Waals surface area (Å²) in [6, 6.07) is 0. The Morgan fingerprint density at radius 3 is 3.08 bits per heavy atom. The zero-order valence-electron chi connectivity index (χ0n) is 5.43. The Balaban J connectivity index is 2.55. The molecule has 2 N–H and O–H groups in total. The smallest absolute Gasteiger partial charge is 0.357 e. The predicted octanol–water partition coefficient (Wildman–Crippen LogP) is -0.446. The number of rotatable bonds is 2. The summed E-state index contributed by atoms with van der Waals surface area (Å²) < 4.78 is -0.465. The maximum Gasteiger partial charge on any atom is 0.430 e. The molecular weight excluding hydrogens is 234 g/mol. The fourth-order valence-corrected chi connectivity index (χ4v) is 0.435. The number of tetrazole rings is 1. The van der Waals surface area contributed by atoms with Crippen molar-refractivity contribution in [2.75, 3.05) is 5.43 Å². The number of H-pyrrole nitrogens is 1. The molecule has 0 unspecified atom stereocenters. The third kappa shape index (κ3) is 2.23. The summed E-state index contributed by atoms with van der Waals surface area (Å²) >= 11 is 2.59. The molecule has 0 amide bonds. The van der Waals surface area contributed by atoms with Gasteiger partial charge in [0.1, 0.15) is 0 Å². The molecule has 0 spiro atoms. The van der Waals surface area contributed by atoms with E-state index in [2.05, 4.69) is 47.1 Å². The second-order valence-corrected chi connectivity index (χ2v) is 2.19. The minimum atomic E-state index is -0.715. The van der Waals surface area contributed by atoms with Crippen molar-refractivity contribution < 1.29 is 4.92 Å². The zero-order chi connectivity index (χ0) is 8.97.